The predicted octanol–water partition coefficient (Wildman–Crippen LogP) is 1.09. The first-order chi connectivity index (χ1) is 17.2. The number of hydrogen-bond donors (Lipinski definition) is 6. The summed E-state index contributed by atoms with van der Waals surface area (Å²) in [5.41, 5.74) is 0.599. The molecule has 0 saturated heterocycles. The van der Waals surface area contributed by atoms with E-state index in [1.807, 2.05) is 27.7 Å². The highest BCUT2D eigenvalue weighted by atomic mass is 16.4. The quantitative estimate of drug-likeness (QED) is 0.213. The number of nitrogens with one attached hydrogen (secondary N) is 4. The average Bonchev–Trinajstić information content (AvgIpc) is 2.77. The van der Waals surface area contributed by atoms with Gasteiger partial charge in [-0.3, -0.25) is 19.2 Å². The van der Waals surface area contributed by atoms with Crippen LogP contribution < -0.4 is 21.3 Å². The molecule has 0 aliphatic heterocycles. The molecule has 11 nitrogen and oxygen atoms in total. The van der Waals surface area contributed by atoms with Crippen molar-refractivity contribution in [2.24, 2.45) is 11.8 Å². The van der Waals surface area contributed by atoms with Crippen molar-refractivity contribution in [1.82, 2.24) is 21.3 Å². The Balaban J connectivity index is 2.90. The van der Waals surface area contributed by atoms with Crippen LogP contribution in [0.1, 0.15) is 59.9 Å². The third kappa shape index (κ3) is 11.8. The first kappa shape index (κ1) is 31.4. The summed E-state index contributed by atoms with van der Waals surface area (Å²) in [5, 5.41) is 29.3. The van der Waals surface area contributed by atoms with Gasteiger partial charge in [0, 0.05) is 13.3 Å². The van der Waals surface area contributed by atoms with Gasteiger partial charge < -0.3 is 31.5 Å². The lowest BCUT2D eigenvalue weighted by molar-refractivity contribution is -0.142. The van der Waals surface area contributed by atoms with Crippen LogP contribution in [0.15, 0.2) is 24.3 Å². The lowest BCUT2D eigenvalue weighted by Crippen LogP contribution is -2.57. The van der Waals surface area contributed by atoms with Gasteiger partial charge in [0.05, 0.1) is 0 Å². The molecule has 206 valence electrons. The molecule has 0 bridgehead atoms. The Hall–Kier alpha value is -3.63. The molecular weight excluding hydrogens is 480 g/mol. The molecule has 1 rings (SSSR count). The van der Waals surface area contributed by atoms with Crippen molar-refractivity contribution < 1.29 is 34.2 Å². The van der Waals surface area contributed by atoms with Gasteiger partial charge in [0.1, 0.15) is 29.9 Å². The molecule has 0 aromatic heterocycles. The van der Waals surface area contributed by atoms with Crippen LogP contribution >= 0.6 is 0 Å². The van der Waals surface area contributed by atoms with Crippen molar-refractivity contribution in [3.8, 4) is 5.75 Å². The summed E-state index contributed by atoms with van der Waals surface area (Å²) in [4.78, 5) is 61.8. The molecule has 4 amide bonds. The molecule has 0 aliphatic carbocycles. The minimum atomic E-state index is -1.25. The second-order valence-corrected chi connectivity index (χ2v) is 10.1. The highest BCUT2D eigenvalue weighted by Crippen LogP contribution is 2.12. The number of benzene rings is 1. The maximum absolute atomic E-state index is 13.0. The number of carbonyl (C=O) groups excluding carboxylic acids is 4. The van der Waals surface area contributed by atoms with Crippen molar-refractivity contribution in [3.05, 3.63) is 29.8 Å². The standard InChI is InChI=1S/C26H40N4O7/c1-14(2)11-20(28-17(6)31)24(34)27-16(5)23(33)29-21(12-15(3)4)25(35)30-22(26(36)37)13-18-7-9-19(32)10-8-18/h7-10,14-16,20-22,32H,11-13H2,1-6H3,(H,27,34)(H,28,31)(H,29,33)(H,30,35)(H,36,37)/t16-,20-,21-,22-/m0/s1. The van der Waals surface area contributed by atoms with Gasteiger partial charge in [0.25, 0.3) is 0 Å². The van der Waals surface area contributed by atoms with E-state index < -0.39 is 47.9 Å². The molecule has 0 radical (unpaired) electrons. The van der Waals surface area contributed by atoms with Crippen LogP contribution in [-0.4, -0.2) is 64.0 Å². The van der Waals surface area contributed by atoms with Gasteiger partial charge in [-0.25, -0.2) is 4.79 Å². The van der Waals surface area contributed by atoms with Gasteiger partial charge in [0.2, 0.25) is 23.6 Å². The van der Waals surface area contributed by atoms with Crippen molar-refractivity contribution in [2.45, 2.75) is 85.0 Å². The Bertz CT molecular complexity index is 947. The number of carboxylic acid groups (broad SMARTS) is 1. The summed E-state index contributed by atoms with van der Waals surface area (Å²) >= 11 is 0. The number of rotatable bonds is 14. The summed E-state index contributed by atoms with van der Waals surface area (Å²) < 4.78 is 0. The van der Waals surface area contributed by atoms with Crippen LogP contribution in [0.3, 0.4) is 0 Å². The zero-order valence-corrected chi connectivity index (χ0v) is 22.3. The van der Waals surface area contributed by atoms with E-state index >= 15 is 0 Å². The van der Waals surface area contributed by atoms with Gasteiger partial charge in [-0.1, -0.05) is 39.8 Å². The van der Waals surface area contributed by atoms with E-state index in [0.29, 0.717) is 12.0 Å². The third-order valence-corrected chi connectivity index (χ3v) is 5.48. The smallest absolute Gasteiger partial charge is 0.326 e. The normalized spacial score (nSPS) is 14.3. The summed E-state index contributed by atoms with van der Waals surface area (Å²) in [7, 11) is 0. The van der Waals surface area contributed by atoms with E-state index in [2.05, 4.69) is 21.3 Å². The summed E-state index contributed by atoms with van der Waals surface area (Å²) in [6.07, 6.45) is 0.609. The molecule has 1 aromatic carbocycles. The highest BCUT2D eigenvalue weighted by Gasteiger charge is 2.30. The van der Waals surface area contributed by atoms with Crippen LogP contribution in [0, 0.1) is 11.8 Å². The van der Waals surface area contributed by atoms with Crippen molar-refractivity contribution in [2.75, 3.05) is 0 Å². The maximum atomic E-state index is 13.0. The van der Waals surface area contributed by atoms with E-state index in [9.17, 15) is 34.2 Å². The van der Waals surface area contributed by atoms with E-state index in [1.165, 1.54) is 26.0 Å². The number of hydrogen-bond acceptors (Lipinski definition) is 6. The summed E-state index contributed by atoms with van der Waals surface area (Å²) in [5.74, 6) is -3.26. The number of aromatic hydroxyl groups is 1. The average molecular weight is 521 g/mol. The van der Waals surface area contributed by atoms with E-state index in [0.717, 1.165) is 0 Å². The Morgan fingerprint density at radius 3 is 1.62 bits per heavy atom. The Kier molecular flexibility index (Phi) is 12.6. The molecule has 0 spiro atoms. The number of carbonyl (C=O) groups is 5. The number of aliphatic carboxylic acids is 1. The van der Waals surface area contributed by atoms with Crippen molar-refractivity contribution >= 4 is 29.6 Å². The number of phenolic OH excluding ortho intramolecular Hbond substituents is 1. The molecular formula is C26H40N4O7. The van der Waals surface area contributed by atoms with Gasteiger partial charge in [-0.2, -0.15) is 0 Å². The van der Waals surface area contributed by atoms with Crippen LogP contribution in [0.25, 0.3) is 0 Å². The maximum Gasteiger partial charge on any atom is 0.326 e. The van der Waals surface area contributed by atoms with Crippen LogP contribution in [0.4, 0.5) is 0 Å². The lowest BCUT2D eigenvalue weighted by atomic mass is 10.0. The predicted molar refractivity (Wildman–Crippen MR) is 137 cm³/mol. The largest absolute Gasteiger partial charge is 0.508 e. The fourth-order valence-electron chi connectivity index (χ4n) is 3.67. The minimum absolute atomic E-state index is 0.00323. The fourth-order valence-corrected chi connectivity index (χ4v) is 3.67. The molecule has 0 fully saturated rings. The fraction of sp³-hybridized carbons (Fsp3) is 0.577. The van der Waals surface area contributed by atoms with Crippen molar-refractivity contribution in [3.63, 3.8) is 0 Å². The van der Waals surface area contributed by atoms with Gasteiger partial charge >= 0.3 is 5.97 Å². The van der Waals surface area contributed by atoms with E-state index in [-0.39, 0.29) is 36.3 Å². The van der Waals surface area contributed by atoms with Crippen LogP contribution in [0.2, 0.25) is 0 Å². The zero-order chi connectivity index (χ0) is 28.3. The molecule has 0 unspecified atom stereocenters. The molecule has 0 saturated carbocycles. The Morgan fingerprint density at radius 1 is 0.703 bits per heavy atom. The minimum Gasteiger partial charge on any atom is -0.508 e. The molecule has 37 heavy (non-hydrogen) atoms. The Morgan fingerprint density at radius 2 is 1.16 bits per heavy atom. The second-order valence-electron chi connectivity index (χ2n) is 10.1. The molecule has 11 heteroatoms. The molecule has 0 aliphatic rings. The molecule has 1 aromatic rings. The topological polar surface area (TPSA) is 174 Å². The number of phenols is 1. The van der Waals surface area contributed by atoms with Gasteiger partial charge in [0.15, 0.2) is 0 Å². The SMILES string of the molecule is CC(=O)N[C@@H](CC(C)C)C(=O)N[C@@H](C)C(=O)N[C@@H](CC(C)C)C(=O)N[C@@H](Cc1ccc(O)cc1)C(=O)O. The highest BCUT2D eigenvalue weighted by molar-refractivity contribution is 5.94. The first-order valence-electron chi connectivity index (χ1n) is 12.4. The first-order valence-corrected chi connectivity index (χ1v) is 12.4. The number of amides is 4. The Labute approximate surface area is 217 Å². The lowest BCUT2D eigenvalue weighted by Gasteiger charge is -2.25. The third-order valence-electron chi connectivity index (χ3n) is 5.48. The molecule has 4 atom stereocenters. The van der Waals surface area contributed by atoms with Gasteiger partial charge in [-0.05, 0) is 49.3 Å². The second kappa shape index (κ2) is 14.8. The van der Waals surface area contributed by atoms with Crippen LogP contribution in [0.5, 0.6) is 5.75 Å². The van der Waals surface area contributed by atoms with Gasteiger partial charge in [-0.15, -0.1) is 0 Å². The monoisotopic (exact) mass is 520 g/mol. The molecule has 6 N–H and O–H groups in total. The van der Waals surface area contributed by atoms with Crippen molar-refractivity contribution in [1.29, 1.82) is 0 Å². The van der Waals surface area contributed by atoms with E-state index in [4.69, 9.17) is 0 Å². The molecule has 0 heterocycles. The summed E-state index contributed by atoms with van der Waals surface area (Å²) in [6, 6.07) is 1.86. The summed E-state index contributed by atoms with van der Waals surface area (Å²) in [6.45, 7) is 10.3. The van der Waals surface area contributed by atoms with E-state index in [1.54, 1.807) is 12.1 Å². The zero-order valence-electron chi connectivity index (χ0n) is 22.3. The van der Waals surface area contributed by atoms with Crippen LogP contribution in [-0.2, 0) is 30.4 Å². The number of carboxylic acids is 1.